The number of aryl methyl sites for hydroxylation is 1. The van der Waals surface area contributed by atoms with Crippen LogP contribution in [0.5, 0.6) is 5.75 Å². The van der Waals surface area contributed by atoms with Crippen LogP contribution in [0.15, 0.2) is 30.3 Å². The van der Waals surface area contributed by atoms with E-state index in [1.807, 2.05) is 0 Å². The number of hydrogen-bond acceptors (Lipinski definition) is 3. The van der Waals surface area contributed by atoms with E-state index in [0.29, 0.717) is 22.4 Å². The first-order valence-corrected chi connectivity index (χ1v) is 6.53. The second-order valence-electron chi connectivity index (χ2n) is 4.93. The van der Waals surface area contributed by atoms with Crippen molar-refractivity contribution in [1.82, 2.24) is 0 Å². The maximum Gasteiger partial charge on any atom is 0.276 e. The van der Waals surface area contributed by atoms with Crippen molar-refractivity contribution in [2.45, 2.75) is 27.4 Å². The Morgan fingerprint density at radius 2 is 1.86 bits per heavy atom. The molecule has 0 aromatic heterocycles. The lowest BCUT2D eigenvalue weighted by atomic mass is 10.0. The Morgan fingerprint density at radius 1 is 1.19 bits per heavy atom. The monoisotopic (exact) mass is 289 g/mol. The highest BCUT2D eigenvalue weighted by Gasteiger charge is 2.15. The summed E-state index contributed by atoms with van der Waals surface area (Å²) in [6.07, 6.45) is 0. The molecule has 0 heterocycles. The van der Waals surface area contributed by atoms with E-state index in [4.69, 9.17) is 4.74 Å². The Labute approximate surface area is 122 Å². The molecule has 0 saturated heterocycles. The molecule has 0 aliphatic rings. The van der Waals surface area contributed by atoms with Gasteiger partial charge in [0.05, 0.1) is 10.5 Å². The number of hydrogen-bond donors (Lipinski definition) is 0. The predicted molar refractivity (Wildman–Crippen MR) is 78.0 cm³/mol. The lowest BCUT2D eigenvalue weighted by Gasteiger charge is -2.13. The smallest absolute Gasteiger partial charge is 0.276 e. The van der Waals surface area contributed by atoms with Gasteiger partial charge in [-0.25, -0.2) is 4.39 Å². The van der Waals surface area contributed by atoms with Gasteiger partial charge in [-0.2, -0.15) is 0 Å². The van der Waals surface area contributed by atoms with Gasteiger partial charge < -0.3 is 4.74 Å². The fourth-order valence-electron chi connectivity index (χ4n) is 2.09. The average molecular weight is 289 g/mol. The zero-order valence-corrected chi connectivity index (χ0v) is 12.1. The van der Waals surface area contributed by atoms with Gasteiger partial charge in [-0.1, -0.05) is 12.1 Å². The van der Waals surface area contributed by atoms with E-state index in [2.05, 4.69) is 0 Å². The number of benzene rings is 2. The van der Waals surface area contributed by atoms with Crippen LogP contribution in [0, 0.1) is 36.7 Å². The van der Waals surface area contributed by atoms with Crippen LogP contribution in [0.2, 0.25) is 0 Å². The fourth-order valence-corrected chi connectivity index (χ4v) is 2.09. The number of rotatable bonds is 4. The van der Waals surface area contributed by atoms with Crippen LogP contribution >= 0.6 is 0 Å². The largest absolute Gasteiger partial charge is 0.488 e. The van der Waals surface area contributed by atoms with Crippen LogP contribution in [0.3, 0.4) is 0 Å². The molecule has 0 aliphatic heterocycles. The molecule has 0 N–H and O–H groups in total. The van der Waals surface area contributed by atoms with Crippen molar-refractivity contribution >= 4 is 5.69 Å². The number of para-hydroxylation sites is 1. The van der Waals surface area contributed by atoms with Crippen LogP contribution in [0.1, 0.15) is 22.3 Å². The molecule has 0 fully saturated rings. The topological polar surface area (TPSA) is 52.4 Å². The van der Waals surface area contributed by atoms with E-state index < -0.39 is 4.92 Å². The van der Waals surface area contributed by atoms with Gasteiger partial charge in [0.25, 0.3) is 5.69 Å². The minimum absolute atomic E-state index is 0.000501. The third-order valence-corrected chi connectivity index (χ3v) is 3.54. The summed E-state index contributed by atoms with van der Waals surface area (Å²) in [4.78, 5) is 10.5. The Kier molecular flexibility index (Phi) is 4.21. The molecule has 2 aromatic rings. The summed E-state index contributed by atoms with van der Waals surface area (Å²) in [6.45, 7) is 5.18. The van der Waals surface area contributed by atoms with Crippen LogP contribution < -0.4 is 4.74 Å². The summed E-state index contributed by atoms with van der Waals surface area (Å²) in [5, 5.41) is 10.9. The van der Waals surface area contributed by atoms with Crippen LogP contribution in [0.4, 0.5) is 10.1 Å². The molecule has 0 atom stereocenters. The second kappa shape index (κ2) is 5.91. The number of ether oxygens (including phenoxy) is 1. The summed E-state index contributed by atoms with van der Waals surface area (Å²) in [5.74, 6) is 0.112. The van der Waals surface area contributed by atoms with Gasteiger partial charge in [-0.3, -0.25) is 10.1 Å². The van der Waals surface area contributed by atoms with Gasteiger partial charge in [0.15, 0.2) is 0 Å². The molecule has 0 spiro atoms. The molecule has 2 aromatic carbocycles. The van der Waals surface area contributed by atoms with Gasteiger partial charge in [-0.15, -0.1) is 0 Å². The summed E-state index contributed by atoms with van der Waals surface area (Å²) in [7, 11) is 0. The molecule has 0 radical (unpaired) electrons. The highest BCUT2D eigenvalue weighted by molar-refractivity contribution is 5.43. The predicted octanol–water partition coefficient (Wildman–Crippen LogP) is 4.24. The van der Waals surface area contributed by atoms with Crippen LogP contribution in [-0.4, -0.2) is 4.92 Å². The van der Waals surface area contributed by atoms with Gasteiger partial charge in [0.2, 0.25) is 0 Å². The van der Waals surface area contributed by atoms with Crippen LogP contribution in [-0.2, 0) is 6.61 Å². The van der Waals surface area contributed by atoms with Crippen molar-refractivity contribution in [2.24, 2.45) is 0 Å². The minimum Gasteiger partial charge on any atom is -0.488 e. The van der Waals surface area contributed by atoms with E-state index in [1.165, 1.54) is 6.07 Å². The number of halogens is 1. The van der Waals surface area contributed by atoms with Crippen LogP contribution in [0.25, 0.3) is 0 Å². The highest BCUT2D eigenvalue weighted by Crippen LogP contribution is 2.28. The third-order valence-electron chi connectivity index (χ3n) is 3.54. The highest BCUT2D eigenvalue weighted by atomic mass is 19.1. The molecule has 0 amide bonds. The van der Waals surface area contributed by atoms with Crippen molar-refractivity contribution in [1.29, 1.82) is 0 Å². The summed E-state index contributed by atoms with van der Waals surface area (Å²) < 4.78 is 19.6. The number of nitrogens with zero attached hydrogens (tertiary/aromatic N) is 1. The molecule has 0 saturated carbocycles. The lowest BCUT2D eigenvalue weighted by molar-refractivity contribution is -0.385. The van der Waals surface area contributed by atoms with Crippen molar-refractivity contribution < 1.29 is 14.1 Å². The van der Waals surface area contributed by atoms with Gasteiger partial charge in [0, 0.05) is 11.6 Å². The van der Waals surface area contributed by atoms with Crippen molar-refractivity contribution in [2.75, 3.05) is 0 Å². The Hall–Kier alpha value is -2.43. The van der Waals surface area contributed by atoms with E-state index in [0.717, 1.165) is 5.56 Å². The van der Waals surface area contributed by atoms with Gasteiger partial charge >= 0.3 is 0 Å². The van der Waals surface area contributed by atoms with Gasteiger partial charge in [-0.05, 0) is 44.0 Å². The minimum atomic E-state index is -0.452. The normalized spacial score (nSPS) is 10.5. The lowest BCUT2D eigenvalue weighted by Crippen LogP contribution is -2.03. The molecule has 0 bridgehead atoms. The van der Waals surface area contributed by atoms with Crippen molar-refractivity contribution in [3.63, 3.8) is 0 Å². The zero-order chi connectivity index (χ0) is 15.6. The van der Waals surface area contributed by atoms with E-state index in [-0.39, 0.29) is 18.1 Å². The number of nitro benzene ring substituents is 1. The molecule has 0 aliphatic carbocycles. The molecular formula is C16H16FNO3. The van der Waals surface area contributed by atoms with Gasteiger partial charge in [0.1, 0.15) is 18.2 Å². The summed E-state index contributed by atoms with van der Waals surface area (Å²) in [5.41, 5.74) is 2.25. The zero-order valence-electron chi connectivity index (χ0n) is 12.1. The van der Waals surface area contributed by atoms with E-state index in [9.17, 15) is 14.5 Å². The summed E-state index contributed by atoms with van der Waals surface area (Å²) in [6, 6.07) is 8.11. The van der Waals surface area contributed by atoms with E-state index in [1.54, 1.807) is 45.0 Å². The summed E-state index contributed by atoms with van der Waals surface area (Å²) >= 11 is 0. The molecule has 21 heavy (non-hydrogen) atoms. The molecule has 0 unspecified atom stereocenters. The SMILES string of the molecule is Cc1cc(OCc2ccccc2[N+](=O)[O-])c(C)c(F)c1C. The first-order valence-electron chi connectivity index (χ1n) is 6.53. The Morgan fingerprint density at radius 3 is 2.52 bits per heavy atom. The fraction of sp³-hybridized carbons (Fsp3) is 0.250. The first kappa shape index (κ1) is 15.0. The molecule has 2 rings (SSSR count). The quantitative estimate of drug-likeness (QED) is 0.625. The average Bonchev–Trinajstić information content (AvgIpc) is 2.47. The molecule has 5 heteroatoms. The molecule has 4 nitrogen and oxygen atoms in total. The maximum atomic E-state index is 14.0. The Balaban J connectivity index is 2.27. The Bertz CT molecular complexity index is 698. The first-order chi connectivity index (χ1) is 9.91. The molecule has 110 valence electrons. The maximum absolute atomic E-state index is 14.0. The molecular weight excluding hydrogens is 273 g/mol. The van der Waals surface area contributed by atoms with E-state index >= 15 is 0 Å². The second-order valence-corrected chi connectivity index (χ2v) is 4.93. The third kappa shape index (κ3) is 3.02. The number of nitro groups is 1. The van der Waals surface area contributed by atoms with Crippen molar-refractivity contribution in [3.8, 4) is 5.75 Å². The standard InChI is InChI=1S/C16H16FNO3/c1-10-8-15(12(3)16(17)11(10)2)21-9-13-6-4-5-7-14(13)18(19)20/h4-8H,9H2,1-3H3. The van der Waals surface area contributed by atoms with Crippen molar-refractivity contribution in [3.05, 3.63) is 68.5 Å².